The second kappa shape index (κ2) is 8.16. The number of hydrogen-bond acceptors (Lipinski definition) is 3. The molecule has 0 saturated carbocycles. The molecular weight excluding hydrogens is 323 g/mol. The van der Waals surface area contributed by atoms with E-state index in [2.05, 4.69) is 4.90 Å². The quantitative estimate of drug-likeness (QED) is 0.892. The molecule has 22 heavy (non-hydrogen) atoms. The zero-order chi connectivity index (χ0) is 16.1. The average molecular weight is 345 g/mol. The number of aliphatic hydroxyl groups is 1. The van der Waals surface area contributed by atoms with Gasteiger partial charge in [-0.1, -0.05) is 29.3 Å². The first kappa shape index (κ1) is 17.5. The number of amides is 1. The first-order valence-corrected chi connectivity index (χ1v) is 8.26. The Hall–Kier alpha value is -0.810. The Balaban J connectivity index is 1.87. The van der Waals surface area contributed by atoms with Gasteiger partial charge in [0, 0.05) is 26.7 Å². The molecule has 0 aliphatic carbocycles. The van der Waals surface area contributed by atoms with Gasteiger partial charge >= 0.3 is 0 Å². The number of hydrogen-bond donors (Lipinski definition) is 1. The molecule has 1 saturated heterocycles. The summed E-state index contributed by atoms with van der Waals surface area (Å²) in [6, 6.07) is 5.41. The number of rotatable bonds is 5. The summed E-state index contributed by atoms with van der Waals surface area (Å²) in [6.45, 7) is 2.82. The second-order valence-corrected chi connectivity index (χ2v) is 6.74. The molecule has 1 heterocycles. The highest BCUT2D eigenvalue weighted by molar-refractivity contribution is 6.42. The lowest BCUT2D eigenvalue weighted by Gasteiger charge is -2.32. The van der Waals surface area contributed by atoms with Crippen molar-refractivity contribution in [1.82, 2.24) is 9.80 Å². The molecule has 0 aromatic heterocycles. The summed E-state index contributed by atoms with van der Waals surface area (Å²) in [6.07, 6.45) is 2.08. The average Bonchev–Trinajstić information content (AvgIpc) is 2.51. The molecule has 2 rings (SSSR count). The summed E-state index contributed by atoms with van der Waals surface area (Å²) >= 11 is 11.9. The highest BCUT2D eigenvalue weighted by Crippen LogP contribution is 2.23. The molecule has 1 fully saturated rings. The maximum atomic E-state index is 12.3. The minimum absolute atomic E-state index is 0.0738. The van der Waals surface area contributed by atoms with Gasteiger partial charge in [0.05, 0.1) is 16.6 Å². The van der Waals surface area contributed by atoms with E-state index in [1.807, 2.05) is 6.07 Å². The Labute approximate surface area is 141 Å². The Kier molecular flexibility index (Phi) is 6.50. The molecule has 0 radical (unpaired) electrons. The molecule has 0 spiro atoms. The van der Waals surface area contributed by atoms with Gasteiger partial charge in [0.15, 0.2) is 0 Å². The number of halogens is 2. The van der Waals surface area contributed by atoms with Crippen LogP contribution in [0.2, 0.25) is 10.0 Å². The number of piperidine rings is 1. The maximum absolute atomic E-state index is 12.3. The van der Waals surface area contributed by atoms with E-state index < -0.39 is 0 Å². The number of likely N-dealkylation sites (N-methyl/N-ethyl adjacent to an activating group) is 1. The molecule has 0 bridgehead atoms. The van der Waals surface area contributed by atoms with E-state index in [9.17, 15) is 9.90 Å². The molecular formula is C16H22Cl2N2O2. The Morgan fingerprint density at radius 1 is 1.41 bits per heavy atom. The third-order valence-electron chi connectivity index (χ3n) is 4.05. The number of carbonyl (C=O) groups is 1. The molecule has 1 amide bonds. The van der Waals surface area contributed by atoms with Crippen molar-refractivity contribution in [2.75, 3.05) is 33.3 Å². The second-order valence-electron chi connectivity index (χ2n) is 5.92. The summed E-state index contributed by atoms with van der Waals surface area (Å²) in [5.41, 5.74) is 0.956. The number of likely N-dealkylation sites (tertiary alicyclic amines) is 1. The molecule has 122 valence electrons. The Morgan fingerprint density at radius 2 is 2.18 bits per heavy atom. The van der Waals surface area contributed by atoms with Gasteiger partial charge in [-0.15, -0.1) is 0 Å². The van der Waals surface area contributed by atoms with Crippen molar-refractivity contribution in [2.24, 2.45) is 5.92 Å². The van der Waals surface area contributed by atoms with Crippen LogP contribution in [0.4, 0.5) is 0 Å². The van der Waals surface area contributed by atoms with Crippen LogP contribution in [0.25, 0.3) is 0 Å². The minimum atomic E-state index is 0.0738. The van der Waals surface area contributed by atoms with E-state index in [0.29, 0.717) is 29.1 Å². The predicted molar refractivity (Wildman–Crippen MR) is 89.2 cm³/mol. The molecule has 1 aromatic rings. The van der Waals surface area contributed by atoms with E-state index in [-0.39, 0.29) is 12.5 Å². The van der Waals surface area contributed by atoms with Crippen LogP contribution >= 0.6 is 23.2 Å². The summed E-state index contributed by atoms with van der Waals surface area (Å²) < 4.78 is 0. The summed E-state index contributed by atoms with van der Waals surface area (Å²) in [7, 11) is 1.79. The minimum Gasteiger partial charge on any atom is -0.396 e. The summed E-state index contributed by atoms with van der Waals surface area (Å²) in [4.78, 5) is 16.1. The lowest BCUT2D eigenvalue weighted by Crippen LogP contribution is -2.43. The van der Waals surface area contributed by atoms with Gasteiger partial charge < -0.3 is 10.0 Å². The highest BCUT2D eigenvalue weighted by atomic mass is 35.5. The van der Waals surface area contributed by atoms with Gasteiger partial charge in [-0.05, 0) is 43.0 Å². The van der Waals surface area contributed by atoms with Gasteiger partial charge in [-0.25, -0.2) is 0 Å². The summed E-state index contributed by atoms with van der Waals surface area (Å²) in [5, 5.41) is 10.3. The zero-order valence-electron chi connectivity index (χ0n) is 12.8. The molecule has 1 N–H and O–H groups in total. The van der Waals surface area contributed by atoms with Gasteiger partial charge in [0.25, 0.3) is 0 Å². The molecule has 1 unspecified atom stereocenters. The van der Waals surface area contributed by atoms with Crippen LogP contribution in [0.1, 0.15) is 18.4 Å². The smallest absolute Gasteiger partial charge is 0.236 e. The first-order chi connectivity index (χ1) is 10.5. The van der Waals surface area contributed by atoms with Crippen LogP contribution in [-0.2, 0) is 11.3 Å². The fourth-order valence-corrected chi connectivity index (χ4v) is 3.08. The van der Waals surface area contributed by atoms with Crippen LogP contribution < -0.4 is 0 Å². The number of carbonyl (C=O) groups excluding carboxylic acids is 1. The Bertz CT molecular complexity index is 525. The normalized spacial score (nSPS) is 19.2. The number of benzene rings is 1. The topological polar surface area (TPSA) is 43.8 Å². The van der Waals surface area contributed by atoms with E-state index in [1.54, 1.807) is 24.1 Å². The number of nitrogens with zero attached hydrogens (tertiary/aromatic N) is 2. The maximum Gasteiger partial charge on any atom is 0.236 e. The lowest BCUT2D eigenvalue weighted by molar-refractivity contribution is -0.132. The van der Waals surface area contributed by atoms with Crippen molar-refractivity contribution in [3.63, 3.8) is 0 Å². The van der Waals surface area contributed by atoms with Gasteiger partial charge in [-0.2, -0.15) is 0 Å². The van der Waals surface area contributed by atoms with Crippen molar-refractivity contribution >= 4 is 29.1 Å². The highest BCUT2D eigenvalue weighted by Gasteiger charge is 2.22. The molecule has 1 atom stereocenters. The molecule has 6 heteroatoms. The van der Waals surface area contributed by atoms with Crippen LogP contribution in [0, 0.1) is 5.92 Å². The molecule has 4 nitrogen and oxygen atoms in total. The fourth-order valence-electron chi connectivity index (χ4n) is 2.76. The van der Waals surface area contributed by atoms with E-state index in [0.717, 1.165) is 31.5 Å². The van der Waals surface area contributed by atoms with Crippen molar-refractivity contribution in [1.29, 1.82) is 0 Å². The van der Waals surface area contributed by atoms with E-state index in [1.165, 1.54) is 0 Å². The number of aliphatic hydroxyl groups excluding tert-OH is 1. The van der Waals surface area contributed by atoms with Crippen molar-refractivity contribution in [2.45, 2.75) is 19.4 Å². The van der Waals surface area contributed by atoms with Crippen molar-refractivity contribution in [3.8, 4) is 0 Å². The monoisotopic (exact) mass is 344 g/mol. The first-order valence-electron chi connectivity index (χ1n) is 7.50. The van der Waals surface area contributed by atoms with Gasteiger partial charge in [0.1, 0.15) is 0 Å². The fraction of sp³-hybridized carbons (Fsp3) is 0.562. The van der Waals surface area contributed by atoms with Crippen LogP contribution in [0.5, 0.6) is 0 Å². The zero-order valence-corrected chi connectivity index (χ0v) is 14.3. The molecule has 1 aromatic carbocycles. The van der Waals surface area contributed by atoms with E-state index in [4.69, 9.17) is 23.2 Å². The van der Waals surface area contributed by atoms with Crippen LogP contribution in [0.15, 0.2) is 18.2 Å². The third kappa shape index (κ3) is 4.85. The molecule has 1 aliphatic heterocycles. The van der Waals surface area contributed by atoms with Crippen molar-refractivity contribution in [3.05, 3.63) is 33.8 Å². The van der Waals surface area contributed by atoms with Crippen molar-refractivity contribution < 1.29 is 9.90 Å². The SMILES string of the molecule is CN(Cc1ccc(Cl)c(Cl)c1)C(=O)CN1CCCC(CO)C1. The van der Waals surface area contributed by atoms with E-state index >= 15 is 0 Å². The van der Waals surface area contributed by atoms with Gasteiger partial charge in [0.2, 0.25) is 5.91 Å². The summed E-state index contributed by atoms with van der Waals surface area (Å²) in [5.74, 6) is 0.367. The molecule has 1 aliphatic rings. The van der Waals surface area contributed by atoms with Gasteiger partial charge in [-0.3, -0.25) is 9.69 Å². The largest absolute Gasteiger partial charge is 0.396 e. The standard InChI is InChI=1S/C16H22Cl2N2O2/c1-19(8-12-4-5-14(17)15(18)7-12)16(22)10-20-6-2-3-13(9-20)11-21/h4-5,7,13,21H,2-3,6,8-11H2,1H3. The predicted octanol–water partition coefficient (Wildman–Crippen LogP) is 2.66. The van der Waals surface area contributed by atoms with Crippen LogP contribution in [0.3, 0.4) is 0 Å². The Morgan fingerprint density at radius 3 is 2.86 bits per heavy atom. The lowest BCUT2D eigenvalue weighted by atomic mass is 9.99. The third-order valence-corrected chi connectivity index (χ3v) is 4.79. The van der Waals surface area contributed by atoms with Crippen LogP contribution in [-0.4, -0.2) is 54.1 Å².